The second kappa shape index (κ2) is 5.89. The fraction of sp³-hybridized carbons (Fsp3) is 0.571. The lowest BCUT2D eigenvalue weighted by Gasteiger charge is -2.25. The standard InChI is InChI=1S/C14H23FN2/c1-6-11(4)16-12-7-8-14(13(15)9-12)17(5)10(2)3/h7-11,16H,6H2,1-5H3. The van der Waals surface area contributed by atoms with Crippen molar-refractivity contribution in [3.8, 4) is 0 Å². The van der Waals surface area contributed by atoms with Gasteiger partial charge in [-0.3, -0.25) is 0 Å². The van der Waals surface area contributed by atoms with Gasteiger partial charge in [-0.1, -0.05) is 6.92 Å². The molecule has 1 aromatic rings. The predicted molar refractivity (Wildman–Crippen MR) is 73.3 cm³/mol. The van der Waals surface area contributed by atoms with Crippen molar-refractivity contribution in [2.75, 3.05) is 17.3 Å². The van der Waals surface area contributed by atoms with E-state index in [-0.39, 0.29) is 11.9 Å². The van der Waals surface area contributed by atoms with Crippen molar-refractivity contribution in [3.63, 3.8) is 0 Å². The molecular weight excluding hydrogens is 215 g/mol. The van der Waals surface area contributed by atoms with E-state index in [4.69, 9.17) is 0 Å². The second-order valence-corrected chi connectivity index (χ2v) is 4.82. The molecule has 0 heterocycles. The van der Waals surface area contributed by atoms with Crippen LogP contribution in [0.5, 0.6) is 0 Å². The molecule has 17 heavy (non-hydrogen) atoms. The average molecular weight is 238 g/mol. The van der Waals surface area contributed by atoms with E-state index >= 15 is 0 Å². The molecule has 1 atom stereocenters. The number of anilines is 2. The topological polar surface area (TPSA) is 15.3 Å². The minimum Gasteiger partial charge on any atom is -0.383 e. The Morgan fingerprint density at radius 1 is 1.29 bits per heavy atom. The summed E-state index contributed by atoms with van der Waals surface area (Å²) in [6.07, 6.45) is 1.02. The maximum Gasteiger partial charge on any atom is 0.148 e. The van der Waals surface area contributed by atoms with Crippen LogP contribution in [0.15, 0.2) is 18.2 Å². The largest absolute Gasteiger partial charge is 0.383 e. The highest BCUT2D eigenvalue weighted by Gasteiger charge is 2.11. The molecule has 2 nitrogen and oxygen atoms in total. The van der Waals surface area contributed by atoms with Crippen LogP contribution < -0.4 is 10.2 Å². The van der Waals surface area contributed by atoms with Crippen LogP contribution in [0.1, 0.15) is 34.1 Å². The normalized spacial score (nSPS) is 12.6. The van der Waals surface area contributed by atoms with E-state index in [0.717, 1.165) is 12.1 Å². The van der Waals surface area contributed by atoms with Crippen molar-refractivity contribution in [1.82, 2.24) is 0 Å². The molecule has 0 spiro atoms. The monoisotopic (exact) mass is 238 g/mol. The Bertz CT molecular complexity index is 363. The summed E-state index contributed by atoms with van der Waals surface area (Å²) in [6, 6.07) is 5.99. The zero-order valence-electron chi connectivity index (χ0n) is 11.4. The minimum absolute atomic E-state index is 0.172. The Hall–Kier alpha value is -1.25. The average Bonchev–Trinajstić information content (AvgIpc) is 2.28. The molecule has 0 aliphatic rings. The van der Waals surface area contributed by atoms with Crippen molar-refractivity contribution < 1.29 is 4.39 Å². The molecule has 0 aromatic heterocycles. The summed E-state index contributed by atoms with van der Waals surface area (Å²) in [5.41, 5.74) is 1.49. The van der Waals surface area contributed by atoms with Gasteiger partial charge in [-0.2, -0.15) is 0 Å². The van der Waals surface area contributed by atoms with Crippen molar-refractivity contribution in [3.05, 3.63) is 24.0 Å². The highest BCUT2D eigenvalue weighted by atomic mass is 19.1. The third kappa shape index (κ3) is 3.62. The number of hydrogen-bond donors (Lipinski definition) is 1. The van der Waals surface area contributed by atoms with Gasteiger partial charge in [-0.25, -0.2) is 4.39 Å². The first-order valence-electron chi connectivity index (χ1n) is 6.24. The molecule has 0 saturated heterocycles. The molecule has 0 radical (unpaired) electrons. The van der Waals surface area contributed by atoms with Crippen LogP contribution in [0.3, 0.4) is 0 Å². The summed E-state index contributed by atoms with van der Waals surface area (Å²) < 4.78 is 13.9. The van der Waals surface area contributed by atoms with Gasteiger partial charge in [0.05, 0.1) is 5.69 Å². The lowest BCUT2D eigenvalue weighted by atomic mass is 10.2. The SMILES string of the molecule is CCC(C)Nc1ccc(N(C)C(C)C)c(F)c1. The van der Waals surface area contributed by atoms with Crippen LogP contribution in [0.2, 0.25) is 0 Å². The van der Waals surface area contributed by atoms with E-state index in [2.05, 4.69) is 19.2 Å². The van der Waals surface area contributed by atoms with Crippen LogP contribution in [-0.2, 0) is 0 Å². The predicted octanol–water partition coefficient (Wildman–Crippen LogP) is 3.88. The molecule has 0 fully saturated rings. The molecular formula is C14H23FN2. The van der Waals surface area contributed by atoms with E-state index in [1.54, 1.807) is 6.07 Å². The first kappa shape index (κ1) is 13.8. The molecule has 0 aliphatic heterocycles. The van der Waals surface area contributed by atoms with Crippen LogP contribution in [0.4, 0.5) is 15.8 Å². The minimum atomic E-state index is -0.172. The molecule has 1 aromatic carbocycles. The highest BCUT2D eigenvalue weighted by molar-refractivity contribution is 5.56. The van der Waals surface area contributed by atoms with E-state index in [1.807, 2.05) is 37.9 Å². The molecule has 0 bridgehead atoms. The summed E-state index contributed by atoms with van der Waals surface area (Å²) in [5.74, 6) is -0.172. The van der Waals surface area contributed by atoms with Gasteiger partial charge in [-0.05, 0) is 45.4 Å². The van der Waals surface area contributed by atoms with Gasteiger partial charge < -0.3 is 10.2 Å². The van der Waals surface area contributed by atoms with Crippen LogP contribution in [0.25, 0.3) is 0 Å². The molecule has 0 amide bonds. The Morgan fingerprint density at radius 2 is 1.94 bits per heavy atom. The fourth-order valence-electron chi connectivity index (χ4n) is 1.55. The summed E-state index contributed by atoms with van der Waals surface area (Å²) >= 11 is 0. The van der Waals surface area contributed by atoms with Crippen LogP contribution in [-0.4, -0.2) is 19.1 Å². The van der Waals surface area contributed by atoms with E-state index in [9.17, 15) is 4.39 Å². The number of nitrogens with one attached hydrogen (secondary N) is 1. The zero-order chi connectivity index (χ0) is 13.0. The lowest BCUT2D eigenvalue weighted by Crippen LogP contribution is -2.26. The molecule has 0 aliphatic carbocycles. The molecule has 1 unspecified atom stereocenters. The van der Waals surface area contributed by atoms with E-state index < -0.39 is 0 Å². The third-order valence-corrected chi connectivity index (χ3v) is 3.13. The van der Waals surface area contributed by atoms with Crippen LogP contribution >= 0.6 is 0 Å². The number of rotatable bonds is 5. The smallest absolute Gasteiger partial charge is 0.148 e. The molecule has 96 valence electrons. The van der Waals surface area contributed by atoms with E-state index in [0.29, 0.717) is 11.7 Å². The summed E-state index contributed by atoms with van der Waals surface area (Å²) in [7, 11) is 1.91. The van der Waals surface area contributed by atoms with E-state index in [1.165, 1.54) is 0 Å². The first-order chi connectivity index (χ1) is 7.95. The van der Waals surface area contributed by atoms with Gasteiger partial charge in [0.15, 0.2) is 0 Å². The zero-order valence-corrected chi connectivity index (χ0v) is 11.4. The van der Waals surface area contributed by atoms with Gasteiger partial charge >= 0.3 is 0 Å². The third-order valence-electron chi connectivity index (χ3n) is 3.13. The van der Waals surface area contributed by atoms with Crippen molar-refractivity contribution in [1.29, 1.82) is 0 Å². The van der Waals surface area contributed by atoms with Gasteiger partial charge in [0.2, 0.25) is 0 Å². The first-order valence-corrected chi connectivity index (χ1v) is 6.24. The molecule has 1 N–H and O–H groups in total. The van der Waals surface area contributed by atoms with Crippen LogP contribution in [0, 0.1) is 5.82 Å². The number of halogens is 1. The van der Waals surface area contributed by atoms with Gasteiger partial charge in [0, 0.05) is 24.8 Å². The fourth-order valence-corrected chi connectivity index (χ4v) is 1.55. The summed E-state index contributed by atoms with van der Waals surface area (Å²) in [6.45, 7) is 8.29. The van der Waals surface area contributed by atoms with Crippen molar-refractivity contribution >= 4 is 11.4 Å². The quantitative estimate of drug-likeness (QED) is 0.837. The van der Waals surface area contributed by atoms with Crippen molar-refractivity contribution in [2.45, 2.75) is 46.2 Å². The Morgan fingerprint density at radius 3 is 2.41 bits per heavy atom. The van der Waals surface area contributed by atoms with Gasteiger partial charge in [0.25, 0.3) is 0 Å². The highest BCUT2D eigenvalue weighted by Crippen LogP contribution is 2.23. The Kier molecular flexibility index (Phi) is 4.79. The van der Waals surface area contributed by atoms with Crippen molar-refractivity contribution in [2.24, 2.45) is 0 Å². The summed E-state index contributed by atoms with van der Waals surface area (Å²) in [4.78, 5) is 1.93. The number of hydrogen-bond acceptors (Lipinski definition) is 2. The van der Waals surface area contributed by atoms with Gasteiger partial charge in [-0.15, -0.1) is 0 Å². The maximum atomic E-state index is 13.9. The summed E-state index contributed by atoms with van der Waals surface area (Å²) in [5, 5.41) is 3.27. The number of nitrogens with zero attached hydrogens (tertiary/aromatic N) is 1. The Labute approximate surface area is 104 Å². The molecule has 3 heteroatoms. The molecule has 1 rings (SSSR count). The second-order valence-electron chi connectivity index (χ2n) is 4.82. The maximum absolute atomic E-state index is 13.9. The lowest BCUT2D eigenvalue weighted by molar-refractivity contribution is 0.613. The molecule has 0 saturated carbocycles. The van der Waals surface area contributed by atoms with Gasteiger partial charge in [0.1, 0.15) is 5.82 Å². The number of benzene rings is 1. The Balaban J connectivity index is 2.86.